The molecule has 0 aliphatic rings. The Labute approximate surface area is 104 Å². The first-order valence-electron chi connectivity index (χ1n) is 5.32. The second kappa shape index (κ2) is 5.19. The Bertz CT molecular complexity index is 510. The van der Waals surface area contributed by atoms with Gasteiger partial charge in [-0.05, 0) is 24.3 Å². The van der Waals surface area contributed by atoms with Crippen LogP contribution in [0.25, 0.3) is 0 Å². The van der Waals surface area contributed by atoms with Crippen LogP contribution in [-0.2, 0) is 13.5 Å². The van der Waals surface area contributed by atoms with Crippen LogP contribution in [0.5, 0.6) is 0 Å². The molecule has 5 heteroatoms. The molecule has 1 N–H and O–H groups in total. The first-order valence-corrected chi connectivity index (χ1v) is 5.70. The van der Waals surface area contributed by atoms with Crippen molar-refractivity contribution in [3.63, 3.8) is 0 Å². The van der Waals surface area contributed by atoms with E-state index >= 15 is 0 Å². The molecule has 1 aromatic carbocycles. The van der Waals surface area contributed by atoms with Gasteiger partial charge in [0.15, 0.2) is 0 Å². The highest BCUT2D eigenvalue weighted by Gasteiger charge is 2.03. The zero-order chi connectivity index (χ0) is 12.3. The molecule has 0 spiro atoms. The summed E-state index contributed by atoms with van der Waals surface area (Å²) in [5, 5.41) is 7.50. The largest absolute Gasteiger partial charge is 0.382 e. The number of rotatable bonds is 4. The van der Waals surface area contributed by atoms with Crippen molar-refractivity contribution in [3.8, 4) is 0 Å². The van der Waals surface area contributed by atoms with E-state index in [1.165, 1.54) is 6.07 Å². The van der Waals surface area contributed by atoms with E-state index in [4.69, 9.17) is 11.6 Å². The van der Waals surface area contributed by atoms with Crippen LogP contribution >= 0.6 is 11.6 Å². The van der Waals surface area contributed by atoms with Gasteiger partial charge in [-0.15, -0.1) is 0 Å². The van der Waals surface area contributed by atoms with Crippen molar-refractivity contribution in [2.75, 3.05) is 11.9 Å². The fourth-order valence-corrected chi connectivity index (χ4v) is 1.76. The van der Waals surface area contributed by atoms with Crippen LogP contribution in [-0.4, -0.2) is 16.3 Å². The lowest BCUT2D eigenvalue weighted by Crippen LogP contribution is -2.09. The molecule has 0 bridgehead atoms. The number of nitrogens with zero attached hydrogens (tertiary/aromatic N) is 2. The van der Waals surface area contributed by atoms with Crippen molar-refractivity contribution in [1.82, 2.24) is 9.78 Å². The highest BCUT2D eigenvalue weighted by atomic mass is 35.5. The highest BCUT2D eigenvalue weighted by molar-refractivity contribution is 6.30. The lowest BCUT2D eigenvalue weighted by molar-refractivity contribution is 0.629. The number of hydrogen-bond acceptors (Lipinski definition) is 2. The van der Waals surface area contributed by atoms with Gasteiger partial charge in [-0.1, -0.05) is 11.6 Å². The van der Waals surface area contributed by atoms with Gasteiger partial charge in [0.25, 0.3) is 0 Å². The van der Waals surface area contributed by atoms with Crippen LogP contribution in [0.2, 0.25) is 5.02 Å². The summed E-state index contributed by atoms with van der Waals surface area (Å²) in [6.07, 6.45) is 2.54. The second-order valence-electron chi connectivity index (χ2n) is 3.75. The van der Waals surface area contributed by atoms with Gasteiger partial charge < -0.3 is 5.32 Å². The molecule has 0 atom stereocenters. The maximum Gasteiger partial charge on any atom is 0.147 e. The number of nitrogens with one attached hydrogen (secondary N) is 1. The molecular weight excluding hydrogens is 241 g/mol. The first kappa shape index (κ1) is 11.9. The van der Waals surface area contributed by atoms with E-state index in [2.05, 4.69) is 10.4 Å². The molecule has 1 aromatic heterocycles. The van der Waals surface area contributed by atoms with Crippen LogP contribution < -0.4 is 5.32 Å². The molecule has 0 aliphatic heterocycles. The molecule has 0 saturated carbocycles. The number of halogens is 2. The van der Waals surface area contributed by atoms with Crippen molar-refractivity contribution in [2.45, 2.75) is 6.42 Å². The van der Waals surface area contributed by atoms with E-state index in [1.807, 2.05) is 13.1 Å². The van der Waals surface area contributed by atoms with Crippen LogP contribution in [0.1, 0.15) is 5.69 Å². The van der Waals surface area contributed by atoms with Gasteiger partial charge in [0.2, 0.25) is 0 Å². The van der Waals surface area contributed by atoms with Gasteiger partial charge in [0.1, 0.15) is 5.82 Å². The van der Waals surface area contributed by atoms with E-state index in [0.717, 1.165) is 12.1 Å². The Morgan fingerprint density at radius 3 is 2.88 bits per heavy atom. The van der Waals surface area contributed by atoms with Gasteiger partial charge in [-0.25, -0.2) is 4.39 Å². The van der Waals surface area contributed by atoms with E-state index < -0.39 is 0 Å². The third-order valence-electron chi connectivity index (χ3n) is 2.55. The molecule has 2 aromatic rings. The number of aromatic nitrogens is 2. The van der Waals surface area contributed by atoms with Crippen LogP contribution in [0.3, 0.4) is 0 Å². The molecule has 17 heavy (non-hydrogen) atoms. The fourth-order valence-electron chi connectivity index (χ4n) is 1.60. The number of hydrogen-bond donors (Lipinski definition) is 1. The van der Waals surface area contributed by atoms with Crippen molar-refractivity contribution in [3.05, 3.63) is 47.0 Å². The summed E-state index contributed by atoms with van der Waals surface area (Å²) in [6, 6.07) is 6.55. The van der Waals surface area contributed by atoms with Crippen molar-refractivity contribution >= 4 is 17.3 Å². The van der Waals surface area contributed by atoms with Crippen LogP contribution in [0.4, 0.5) is 10.1 Å². The molecule has 90 valence electrons. The normalized spacial score (nSPS) is 10.5. The topological polar surface area (TPSA) is 29.9 Å². The van der Waals surface area contributed by atoms with E-state index in [-0.39, 0.29) is 5.82 Å². The van der Waals surface area contributed by atoms with E-state index in [9.17, 15) is 4.39 Å². The first-order chi connectivity index (χ1) is 8.16. The highest BCUT2D eigenvalue weighted by Crippen LogP contribution is 2.18. The van der Waals surface area contributed by atoms with Gasteiger partial charge in [0.05, 0.1) is 5.69 Å². The maximum atomic E-state index is 13.4. The minimum Gasteiger partial charge on any atom is -0.382 e. The molecule has 0 fully saturated rings. The molecule has 0 unspecified atom stereocenters. The summed E-state index contributed by atoms with van der Waals surface area (Å²) in [7, 11) is 1.89. The molecule has 0 amide bonds. The third-order valence-corrected chi connectivity index (χ3v) is 2.79. The Hall–Kier alpha value is -1.55. The Morgan fingerprint density at radius 1 is 1.41 bits per heavy atom. The van der Waals surface area contributed by atoms with Crippen LogP contribution in [0.15, 0.2) is 30.5 Å². The van der Waals surface area contributed by atoms with Crippen molar-refractivity contribution < 1.29 is 4.39 Å². The summed E-state index contributed by atoms with van der Waals surface area (Å²) in [5.41, 5.74) is 1.57. The van der Waals surface area contributed by atoms with E-state index in [0.29, 0.717) is 17.3 Å². The molecule has 0 aliphatic carbocycles. The average molecular weight is 254 g/mol. The molecule has 0 radical (unpaired) electrons. The number of benzene rings is 1. The Morgan fingerprint density at radius 2 is 2.24 bits per heavy atom. The predicted molar refractivity (Wildman–Crippen MR) is 66.8 cm³/mol. The monoisotopic (exact) mass is 253 g/mol. The summed E-state index contributed by atoms with van der Waals surface area (Å²) in [4.78, 5) is 0. The lowest BCUT2D eigenvalue weighted by atomic mass is 10.2. The molecular formula is C12H13ClFN3. The summed E-state index contributed by atoms with van der Waals surface area (Å²) >= 11 is 5.67. The Balaban J connectivity index is 1.92. The van der Waals surface area contributed by atoms with Gasteiger partial charge in [-0.3, -0.25) is 4.68 Å². The fraction of sp³-hybridized carbons (Fsp3) is 0.250. The lowest BCUT2D eigenvalue weighted by Gasteiger charge is -2.07. The zero-order valence-electron chi connectivity index (χ0n) is 9.45. The summed E-state index contributed by atoms with van der Waals surface area (Å²) in [6.45, 7) is 0.651. The smallest absolute Gasteiger partial charge is 0.147 e. The maximum absolute atomic E-state index is 13.4. The van der Waals surface area contributed by atoms with E-state index in [1.54, 1.807) is 23.0 Å². The second-order valence-corrected chi connectivity index (χ2v) is 4.18. The van der Waals surface area contributed by atoms with Crippen molar-refractivity contribution in [1.29, 1.82) is 0 Å². The van der Waals surface area contributed by atoms with Crippen LogP contribution in [0, 0.1) is 5.82 Å². The SMILES string of the molecule is Cn1nccc1CCNc1ccc(Cl)cc1F. The minimum absolute atomic E-state index is 0.331. The molecule has 3 nitrogen and oxygen atoms in total. The average Bonchev–Trinajstić information content (AvgIpc) is 2.68. The number of aryl methyl sites for hydroxylation is 1. The standard InChI is InChI=1S/C12H13ClFN3/c1-17-10(5-7-16-17)4-6-15-12-3-2-9(13)8-11(12)14/h2-3,5,7-8,15H,4,6H2,1H3. The Kier molecular flexibility index (Phi) is 3.64. The minimum atomic E-state index is -0.331. The summed E-state index contributed by atoms with van der Waals surface area (Å²) in [5.74, 6) is -0.331. The van der Waals surface area contributed by atoms with Crippen molar-refractivity contribution in [2.24, 2.45) is 7.05 Å². The quantitative estimate of drug-likeness (QED) is 0.908. The third kappa shape index (κ3) is 2.97. The van der Waals surface area contributed by atoms with Gasteiger partial charge >= 0.3 is 0 Å². The summed E-state index contributed by atoms with van der Waals surface area (Å²) < 4.78 is 15.2. The molecule has 1 heterocycles. The van der Waals surface area contributed by atoms with Gasteiger partial charge in [0, 0.05) is 36.9 Å². The molecule has 2 rings (SSSR count). The van der Waals surface area contributed by atoms with Gasteiger partial charge in [-0.2, -0.15) is 5.10 Å². The zero-order valence-corrected chi connectivity index (χ0v) is 10.2. The number of anilines is 1. The molecule has 0 saturated heterocycles. The predicted octanol–water partition coefficient (Wildman–Crippen LogP) is 2.87.